The minimum atomic E-state index is -3.58. The van der Waals surface area contributed by atoms with Crippen molar-refractivity contribution in [2.75, 3.05) is 26.2 Å². The van der Waals surface area contributed by atoms with Gasteiger partial charge >= 0.3 is 5.97 Å². The normalized spacial score (nSPS) is 18.1. The summed E-state index contributed by atoms with van der Waals surface area (Å²) in [5.74, 6) is -0.905. The number of likely N-dealkylation sites (N-methyl/N-ethyl adjacent to an activating group) is 1. The van der Waals surface area contributed by atoms with Gasteiger partial charge in [-0.2, -0.15) is 4.31 Å². The molecule has 1 atom stereocenters. The van der Waals surface area contributed by atoms with Crippen LogP contribution in [-0.4, -0.2) is 61.8 Å². The number of hydrogen-bond donors (Lipinski definition) is 0. The van der Waals surface area contributed by atoms with Crippen molar-refractivity contribution >= 4 is 21.9 Å². The van der Waals surface area contributed by atoms with E-state index >= 15 is 0 Å². The van der Waals surface area contributed by atoms with Crippen LogP contribution in [0, 0.1) is 0 Å². The van der Waals surface area contributed by atoms with Crippen LogP contribution in [0.1, 0.15) is 50.4 Å². The Morgan fingerprint density at radius 2 is 1.78 bits per heavy atom. The molecule has 1 heterocycles. The van der Waals surface area contributed by atoms with Crippen molar-refractivity contribution < 1.29 is 22.7 Å². The fourth-order valence-electron chi connectivity index (χ4n) is 3.21. The molecule has 0 saturated carbocycles. The minimum absolute atomic E-state index is 0.0283. The first-order valence-corrected chi connectivity index (χ1v) is 10.8. The SMILES string of the molecule is CCN(CC)C(=O)COC(=O)c1ccc(S(=O)(=O)N2CCCC[C@@H]2C)cc1. The van der Waals surface area contributed by atoms with E-state index < -0.39 is 16.0 Å². The second-order valence-corrected chi connectivity index (χ2v) is 8.52. The smallest absolute Gasteiger partial charge is 0.338 e. The zero-order valence-electron chi connectivity index (χ0n) is 16.2. The largest absolute Gasteiger partial charge is 0.452 e. The summed E-state index contributed by atoms with van der Waals surface area (Å²) in [4.78, 5) is 25.7. The second-order valence-electron chi connectivity index (χ2n) is 6.63. The van der Waals surface area contributed by atoms with Gasteiger partial charge in [0, 0.05) is 25.7 Å². The van der Waals surface area contributed by atoms with Crippen molar-refractivity contribution in [3.05, 3.63) is 29.8 Å². The number of esters is 1. The Bertz CT molecular complexity index is 757. The fraction of sp³-hybridized carbons (Fsp3) is 0.579. The average Bonchev–Trinajstić information content (AvgIpc) is 2.67. The predicted molar refractivity (Wildman–Crippen MR) is 102 cm³/mol. The molecule has 0 N–H and O–H groups in total. The number of sulfonamides is 1. The van der Waals surface area contributed by atoms with Gasteiger partial charge in [-0.3, -0.25) is 4.79 Å². The zero-order valence-corrected chi connectivity index (χ0v) is 17.0. The maximum Gasteiger partial charge on any atom is 0.338 e. The molecule has 1 amide bonds. The Morgan fingerprint density at radius 1 is 1.15 bits per heavy atom. The monoisotopic (exact) mass is 396 g/mol. The number of benzene rings is 1. The third-order valence-electron chi connectivity index (χ3n) is 4.88. The van der Waals surface area contributed by atoms with E-state index in [4.69, 9.17) is 4.74 Å². The molecule has 1 aliphatic rings. The van der Waals surface area contributed by atoms with Crippen LogP contribution in [0.2, 0.25) is 0 Å². The van der Waals surface area contributed by atoms with Gasteiger partial charge in [0.15, 0.2) is 6.61 Å². The van der Waals surface area contributed by atoms with Crippen LogP contribution in [0.4, 0.5) is 0 Å². The summed E-state index contributed by atoms with van der Waals surface area (Å²) < 4.78 is 32.2. The van der Waals surface area contributed by atoms with Gasteiger partial charge < -0.3 is 9.64 Å². The Hall–Kier alpha value is -1.93. The highest BCUT2D eigenvalue weighted by atomic mass is 32.2. The Kier molecular flexibility index (Phi) is 7.38. The highest BCUT2D eigenvalue weighted by Gasteiger charge is 2.31. The summed E-state index contributed by atoms with van der Waals surface area (Å²) in [5.41, 5.74) is 0.216. The lowest BCUT2D eigenvalue weighted by molar-refractivity contribution is -0.134. The highest BCUT2D eigenvalue weighted by molar-refractivity contribution is 7.89. The molecule has 0 bridgehead atoms. The molecular formula is C19H28N2O5S. The lowest BCUT2D eigenvalue weighted by Gasteiger charge is -2.32. The van der Waals surface area contributed by atoms with E-state index in [1.165, 1.54) is 28.6 Å². The van der Waals surface area contributed by atoms with Gasteiger partial charge in [-0.15, -0.1) is 0 Å². The first kappa shape index (κ1) is 21.4. The molecule has 1 aromatic carbocycles. The summed E-state index contributed by atoms with van der Waals surface area (Å²) in [5, 5.41) is 0. The number of rotatable bonds is 7. The molecule has 7 nitrogen and oxygen atoms in total. The van der Waals surface area contributed by atoms with Gasteiger partial charge in [0.2, 0.25) is 10.0 Å². The number of ether oxygens (including phenoxy) is 1. The molecule has 1 fully saturated rings. The van der Waals surface area contributed by atoms with E-state index in [9.17, 15) is 18.0 Å². The van der Waals surface area contributed by atoms with Crippen molar-refractivity contribution in [2.24, 2.45) is 0 Å². The van der Waals surface area contributed by atoms with E-state index in [1.54, 1.807) is 4.90 Å². The molecule has 1 saturated heterocycles. The molecule has 0 aromatic heterocycles. The first-order valence-electron chi connectivity index (χ1n) is 9.38. The maximum atomic E-state index is 12.8. The Morgan fingerprint density at radius 3 is 2.33 bits per heavy atom. The van der Waals surface area contributed by atoms with Crippen LogP contribution in [-0.2, 0) is 19.6 Å². The minimum Gasteiger partial charge on any atom is -0.452 e. The number of carbonyl (C=O) groups is 2. The molecule has 27 heavy (non-hydrogen) atoms. The zero-order chi connectivity index (χ0) is 20.0. The molecule has 0 radical (unpaired) electrons. The molecule has 0 aliphatic carbocycles. The Labute approximate surface area is 161 Å². The van der Waals surface area contributed by atoms with E-state index in [1.807, 2.05) is 20.8 Å². The summed E-state index contributed by atoms with van der Waals surface area (Å²) in [6.07, 6.45) is 2.74. The molecule has 1 aromatic rings. The molecule has 2 rings (SSSR count). The molecule has 0 spiro atoms. The van der Waals surface area contributed by atoms with Gasteiger partial charge in [-0.1, -0.05) is 6.42 Å². The van der Waals surface area contributed by atoms with Crippen molar-refractivity contribution in [1.82, 2.24) is 9.21 Å². The lowest BCUT2D eigenvalue weighted by atomic mass is 10.1. The van der Waals surface area contributed by atoms with Gasteiger partial charge in [0.05, 0.1) is 10.5 Å². The number of carbonyl (C=O) groups excluding carboxylic acids is 2. The van der Waals surface area contributed by atoms with E-state index in [0.29, 0.717) is 19.6 Å². The number of piperidine rings is 1. The summed E-state index contributed by atoms with van der Waals surface area (Å²) >= 11 is 0. The van der Waals surface area contributed by atoms with E-state index in [-0.39, 0.29) is 29.0 Å². The van der Waals surface area contributed by atoms with Gasteiger partial charge in [0.1, 0.15) is 0 Å². The van der Waals surface area contributed by atoms with E-state index in [2.05, 4.69) is 0 Å². The van der Waals surface area contributed by atoms with Crippen LogP contribution >= 0.6 is 0 Å². The third kappa shape index (κ3) is 5.07. The van der Waals surface area contributed by atoms with Crippen LogP contribution in [0.3, 0.4) is 0 Å². The van der Waals surface area contributed by atoms with Crippen molar-refractivity contribution in [3.63, 3.8) is 0 Å². The van der Waals surface area contributed by atoms with Crippen molar-refractivity contribution in [2.45, 2.75) is 51.0 Å². The molecular weight excluding hydrogens is 368 g/mol. The van der Waals surface area contributed by atoms with Crippen molar-refractivity contribution in [1.29, 1.82) is 0 Å². The Balaban J connectivity index is 2.04. The number of hydrogen-bond acceptors (Lipinski definition) is 5. The fourth-order valence-corrected chi connectivity index (χ4v) is 4.90. The molecule has 8 heteroatoms. The van der Waals surface area contributed by atoms with Crippen LogP contribution < -0.4 is 0 Å². The molecule has 0 unspecified atom stereocenters. The van der Waals surface area contributed by atoms with Gasteiger partial charge in [-0.25, -0.2) is 13.2 Å². The second kappa shape index (κ2) is 9.32. The summed E-state index contributed by atoms with van der Waals surface area (Å²) in [6.45, 7) is 6.90. The topological polar surface area (TPSA) is 84.0 Å². The maximum absolute atomic E-state index is 12.8. The summed E-state index contributed by atoms with van der Waals surface area (Å²) in [6, 6.07) is 5.65. The predicted octanol–water partition coefficient (Wildman–Crippen LogP) is 2.27. The highest BCUT2D eigenvalue weighted by Crippen LogP contribution is 2.25. The quantitative estimate of drug-likeness (QED) is 0.660. The van der Waals surface area contributed by atoms with Crippen LogP contribution in [0.5, 0.6) is 0 Å². The van der Waals surface area contributed by atoms with Crippen LogP contribution in [0.25, 0.3) is 0 Å². The van der Waals surface area contributed by atoms with Crippen molar-refractivity contribution in [3.8, 4) is 0 Å². The first-order chi connectivity index (χ1) is 12.8. The lowest BCUT2D eigenvalue weighted by Crippen LogP contribution is -2.41. The van der Waals surface area contributed by atoms with Gasteiger partial charge in [0.25, 0.3) is 5.91 Å². The molecule has 1 aliphatic heterocycles. The number of nitrogens with zero attached hydrogens (tertiary/aromatic N) is 2. The average molecular weight is 397 g/mol. The van der Waals surface area contributed by atoms with Gasteiger partial charge in [-0.05, 0) is 57.9 Å². The third-order valence-corrected chi connectivity index (χ3v) is 6.91. The van der Waals surface area contributed by atoms with Crippen LogP contribution in [0.15, 0.2) is 29.2 Å². The van der Waals surface area contributed by atoms with E-state index in [0.717, 1.165) is 19.3 Å². The number of amides is 1. The standard InChI is InChI=1S/C19H28N2O5S/c1-4-20(5-2)18(22)14-26-19(23)16-9-11-17(12-10-16)27(24,25)21-13-7-6-8-15(21)3/h9-12,15H,4-8,13-14H2,1-3H3/t15-/m0/s1. The molecule has 150 valence electrons. The summed E-state index contributed by atoms with van der Waals surface area (Å²) in [7, 11) is -3.58.